The van der Waals surface area contributed by atoms with Crippen LogP contribution in [-0.4, -0.2) is 34.3 Å². The molecule has 8 heteroatoms. The Hall–Kier alpha value is -3.42. The number of rotatable bonds is 10. The summed E-state index contributed by atoms with van der Waals surface area (Å²) in [6.45, 7) is 1.20. The van der Waals surface area contributed by atoms with Crippen LogP contribution in [-0.2, 0) is 6.42 Å². The minimum absolute atomic E-state index is 0. The molecule has 4 rings (SSSR count). The van der Waals surface area contributed by atoms with Crippen molar-refractivity contribution in [3.63, 3.8) is 0 Å². The van der Waals surface area contributed by atoms with Gasteiger partial charge in [-0.3, -0.25) is 4.98 Å². The van der Waals surface area contributed by atoms with Crippen molar-refractivity contribution in [1.29, 1.82) is 0 Å². The average Bonchev–Trinajstić information content (AvgIpc) is 2.88. The van der Waals surface area contributed by atoms with Gasteiger partial charge in [0.1, 0.15) is 17.1 Å². The fourth-order valence-corrected chi connectivity index (χ4v) is 3.60. The summed E-state index contributed by atoms with van der Waals surface area (Å²) >= 11 is 0. The number of benzene rings is 3. The molecule has 0 fully saturated rings. The van der Waals surface area contributed by atoms with E-state index in [-0.39, 0.29) is 30.4 Å². The number of aromatic nitrogens is 1. The molecule has 0 saturated heterocycles. The second-order valence-electron chi connectivity index (χ2n) is 7.88. The molecular formula is C28H28Cl2N2O4. The Labute approximate surface area is 222 Å². The third kappa shape index (κ3) is 7.80. The number of nitrogens with one attached hydrogen (secondary N) is 1. The number of carboxylic acid groups (broad SMARTS) is 1. The second kappa shape index (κ2) is 14.2. The number of carboxylic acids is 1. The van der Waals surface area contributed by atoms with Crippen molar-refractivity contribution in [2.75, 3.05) is 13.1 Å². The minimum atomic E-state index is -1.03. The van der Waals surface area contributed by atoms with Gasteiger partial charge in [-0.05, 0) is 60.0 Å². The van der Waals surface area contributed by atoms with Crippen molar-refractivity contribution in [1.82, 2.24) is 10.3 Å². The smallest absolute Gasteiger partial charge is 0.339 e. The summed E-state index contributed by atoms with van der Waals surface area (Å²) in [5.41, 5.74) is 3.92. The number of aliphatic hydroxyl groups excluding tert-OH is 1. The van der Waals surface area contributed by atoms with E-state index in [1.165, 1.54) is 0 Å². The molecule has 0 aliphatic heterocycles. The summed E-state index contributed by atoms with van der Waals surface area (Å²) in [4.78, 5) is 15.7. The Bertz CT molecular complexity index is 1220. The van der Waals surface area contributed by atoms with E-state index in [0.29, 0.717) is 18.0 Å². The van der Waals surface area contributed by atoms with E-state index in [9.17, 15) is 15.0 Å². The van der Waals surface area contributed by atoms with Crippen molar-refractivity contribution in [2.45, 2.75) is 12.5 Å². The van der Waals surface area contributed by atoms with Gasteiger partial charge in [-0.25, -0.2) is 4.79 Å². The van der Waals surface area contributed by atoms with Crippen LogP contribution in [0.5, 0.6) is 11.5 Å². The molecule has 0 aliphatic rings. The van der Waals surface area contributed by atoms with Crippen molar-refractivity contribution in [3.05, 3.63) is 114 Å². The molecule has 36 heavy (non-hydrogen) atoms. The van der Waals surface area contributed by atoms with E-state index < -0.39 is 12.1 Å². The molecule has 1 atom stereocenters. The number of hydrogen-bond donors (Lipinski definition) is 3. The van der Waals surface area contributed by atoms with Gasteiger partial charge in [-0.2, -0.15) is 0 Å². The van der Waals surface area contributed by atoms with E-state index in [2.05, 4.69) is 22.4 Å². The SMILES string of the molecule is Cl.Cl.O=C(O)c1ccc(-c2ccc(CCNC[C@@H](O)c3cccnc3)cc2)cc1Oc1ccccc1. The van der Waals surface area contributed by atoms with Gasteiger partial charge in [0.15, 0.2) is 0 Å². The lowest BCUT2D eigenvalue weighted by Crippen LogP contribution is -2.23. The maximum Gasteiger partial charge on any atom is 0.339 e. The number of halogens is 2. The van der Waals surface area contributed by atoms with Crippen LogP contribution in [0.15, 0.2) is 97.3 Å². The van der Waals surface area contributed by atoms with Gasteiger partial charge >= 0.3 is 5.97 Å². The molecule has 0 bridgehead atoms. The van der Waals surface area contributed by atoms with Gasteiger partial charge in [0, 0.05) is 24.5 Å². The van der Waals surface area contributed by atoms with Crippen LogP contribution in [0.2, 0.25) is 0 Å². The normalized spacial score (nSPS) is 11.0. The van der Waals surface area contributed by atoms with Gasteiger partial charge in [0.05, 0.1) is 6.10 Å². The number of para-hydroxylation sites is 1. The van der Waals surface area contributed by atoms with Crippen molar-refractivity contribution >= 4 is 30.8 Å². The first-order chi connectivity index (χ1) is 16.6. The molecule has 188 valence electrons. The number of pyridine rings is 1. The van der Waals surface area contributed by atoms with Gasteiger partial charge < -0.3 is 20.3 Å². The molecule has 0 aliphatic carbocycles. The summed E-state index contributed by atoms with van der Waals surface area (Å²) in [7, 11) is 0. The Morgan fingerprint density at radius 2 is 1.64 bits per heavy atom. The monoisotopic (exact) mass is 526 g/mol. The molecule has 0 radical (unpaired) electrons. The summed E-state index contributed by atoms with van der Waals surface area (Å²) in [6.07, 6.45) is 3.59. The van der Waals surface area contributed by atoms with Gasteiger partial charge in [-0.1, -0.05) is 54.6 Å². The Kier molecular flexibility index (Phi) is 11.4. The number of carbonyl (C=O) groups is 1. The topological polar surface area (TPSA) is 91.7 Å². The zero-order valence-electron chi connectivity index (χ0n) is 19.4. The zero-order chi connectivity index (χ0) is 23.8. The molecule has 3 N–H and O–H groups in total. The van der Waals surface area contributed by atoms with E-state index in [1.54, 1.807) is 42.7 Å². The lowest BCUT2D eigenvalue weighted by atomic mass is 10.0. The first-order valence-corrected chi connectivity index (χ1v) is 11.1. The van der Waals surface area contributed by atoms with Crippen molar-refractivity contribution in [3.8, 4) is 22.6 Å². The van der Waals surface area contributed by atoms with Gasteiger partial charge in [-0.15, -0.1) is 24.8 Å². The van der Waals surface area contributed by atoms with Crippen molar-refractivity contribution in [2.24, 2.45) is 0 Å². The maximum atomic E-state index is 11.6. The molecule has 6 nitrogen and oxygen atoms in total. The highest BCUT2D eigenvalue weighted by Gasteiger charge is 2.14. The minimum Gasteiger partial charge on any atom is -0.478 e. The Balaban J connectivity index is 0.00000228. The highest BCUT2D eigenvalue weighted by molar-refractivity contribution is 5.92. The molecule has 4 aromatic rings. The number of ether oxygens (including phenoxy) is 1. The zero-order valence-corrected chi connectivity index (χ0v) is 21.0. The van der Waals surface area contributed by atoms with E-state index in [0.717, 1.165) is 35.2 Å². The highest BCUT2D eigenvalue weighted by atomic mass is 35.5. The largest absolute Gasteiger partial charge is 0.478 e. The molecule has 0 unspecified atom stereocenters. The van der Waals surface area contributed by atoms with Crippen molar-refractivity contribution < 1.29 is 19.7 Å². The van der Waals surface area contributed by atoms with Crippen LogP contribution in [0.3, 0.4) is 0 Å². The first kappa shape index (κ1) is 28.8. The molecule has 1 aromatic heterocycles. The standard InChI is InChI=1S/C28H26N2O4.2ClH/c31-26(23-5-4-15-29-18-23)19-30-16-14-20-8-10-21(11-9-20)22-12-13-25(28(32)33)27(17-22)34-24-6-2-1-3-7-24;;/h1-13,15,17-18,26,30-31H,14,16,19H2,(H,32,33);2*1H/t26-;;/m1../s1. The Morgan fingerprint density at radius 1 is 0.917 bits per heavy atom. The van der Waals surface area contributed by atoms with E-state index in [1.807, 2.05) is 42.5 Å². The van der Waals surface area contributed by atoms with Gasteiger partial charge in [0.2, 0.25) is 0 Å². The van der Waals surface area contributed by atoms with Gasteiger partial charge in [0.25, 0.3) is 0 Å². The maximum absolute atomic E-state index is 11.6. The van der Waals surface area contributed by atoms with Crippen LogP contribution >= 0.6 is 24.8 Å². The molecule has 0 saturated carbocycles. The summed E-state index contributed by atoms with van der Waals surface area (Å²) in [5.74, 6) is -0.149. The number of hydrogen-bond acceptors (Lipinski definition) is 5. The summed E-state index contributed by atoms with van der Waals surface area (Å²) < 4.78 is 5.86. The third-order valence-corrected chi connectivity index (χ3v) is 5.47. The van der Waals surface area contributed by atoms with Crippen LogP contribution < -0.4 is 10.1 Å². The van der Waals surface area contributed by atoms with E-state index >= 15 is 0 Å². The average molecular weight is 527 g/mol. The lowest BCUT2D eigenvalue weighted by molar-refractivity contribution is 0.0694. The lowest BCUT2D eigenvalue weighted by Gasteiger charge is -2.12. The Morgan fingerprint density at radius 3 is 2.31 bits per heavy atom. The first-order valence-electron chi connectivity index (χ1n) is 11.1. The molecule has 0 spiro atoms. The number of aliphatic hydroxyl groups is 1. The predicted octanol–water partition coefficient (Wildman–Crippen LogP) is 5.95. The van der Waals surface area contributed by atoms with Crippen LogP contribution in [0, 0.1) is 0 Å². The fraction of sp³-hybridized carbons (Fsp3) is 0.143. The van der Waals surface area contributed by atoms with E-state index in [4.69, 9.17) is 4.74 Å². The quantitative estimate of drug-likeness (QED) is 0.221. The van der Waals surface area contributed by atoms with Crippen LogP contribution in [0.4, 0.5) is 0 Å². The number of aromatic carboxylic acids is 1. The molecule has 1 heterocycles. The summed E-state index contributed by atoms with van der Waals surface area (Å²) in [6, 6.07) is 26.1. The van der Waals surface area contributed by atoms with Crippen LogP contribution in [0.1, 0.15) is 27.6 Å². The molecular weight excluding hydrogens is 499 g/mol. The molecule has 3 aromatic carbocycles. The summed E-state index contributed by atoms with van der Waals surface area (Å²) in [5, 5.41) is 23.0. The second-order valence-corrected chi connectivity index (χ2v) is 7.88. The third-order valence-electron chi connectivity index (χ3n) is 5.47. The predicted molar refractivity (Wildman–Crippen MR) is 146 cm³/mol. The highest BCUT2D eigenvalue weighted by Crippen LogP contribution is 2.31. The van der Waals surface area contributed by atoms with Crippen LogP contribution in [0.25, 0.3) is 11.1 Å². The molecule has 0 amide bonds. The number of nitrogens with zero attached hydrogens (tertiary/aromatic N) is 1. The fourth-order valence-electron chi connectivity index (χ4n) is 3.60.